The number of carbonyl (C=O) groups excluding carboxylic acids is 1. The van der Waals surface area contributed by atoms with Crippen LogP contribution in [0.5, 0.6) is 11.5 Å². The highest BCUT2D eigenvalue weighted by atomic mass is 35.5. The van der Waals surface area contributed by atoms with Crippen molar-refractivity contribution >= 4 is 17.5 Å². The first-order valence-electron chi connectivity index (χ1n) is 8.80. The minimum atomic E-state index is -0.588. The summed E-state index contributed by atoms with van der Waals surface area (Å²) >= 11 is 6.03. The van der Waals surface area contributed by atoms with Gasteiger partial charge in [0, 0.05) is 0 Å². The fraction of sp³-hybridized carbons (Fsp3) is 0.381. The molecule has 0 saturated heterocycles. The first-order chi connectivity index (χ1) is 12.4. The van der Waals surface area contributed by atoms with Crippen molar-refractivity contribution in [1.82, 2.24) is 5.32 Å². The number of benzene rings is 2. The normalized spacial score (nSPS) is 11.9. The fourth-order valence-electron chi connectivity index (χ4n) is 2.51. The summed E-state index contributed by atoms with van der Waals surface area (Å²) in [6.45, 7) is 8.68. The Hall–Kier alpha value is -2.20. The summed E-state index contributed by atoms with van der Waals surface area (Å²) in [7, 11) is 0. The van der Waals surface area contributed by atoms with Gasteiger partial charge in [-0.05, 0) is 49.1 Å². The van der Waals surface area contributed by atoms with Gasteiger partial charge in [0.2, 0.25) is 0 Å². The molecule has 0 aromatic heterocycles. The molecular formula is C21H26ClNO3. The van der Waals surface area contributed by atoms with Crippen LogP contribution in [0, 0.1) is 6.92 Å². The van der Waals surface area contributed by atoms with Crippen LogP contribution in [0.2, 0.25) is 5.02 Å². The molecule has 0 aliphatic carbocycles. The summed E-state index contributed by atoms with van der Waals surface area (Å²) in [6.07, 6.45) is -0.588. The van der Waals surface area contributed by atoms with E-state index in [1.165, 1.54) is 0 Å². The van der Waals surface area contributed by atoms with Gasteiger partial charge in [-0.25, -0.2) is 0 Å². The third-order valence-corrected chi connectivity index (χ3v) is 4.27. The Morgan fingerprint density at radius 2 is 1.85 bits per heavy atom. The van der Waals surface area contributed by atoms with Crippen molar-refractivity contribution in [3.63, 3.8) is 0 Å². The summed E-state index contributed by atoms with van der Waals surface area (Å²) in [4.78, 5) is 12.3. The number of para-hydroxylation sites is 1. The molecule has 5 heteroatoms. The topological polar surface area (TPSA) is 47.6 Å². The lowest BCUT2D eigenvalue weighted by atomic mass is 10.0. The molecule has 26 heavy (non-hydrogen) atoms. The van der Waals surface area contributed by atoms with Crippen molar-refractivity contribution in [2.45, 2.75) is 39.7 Å². The second-order valence-electron chi connectivity index (χ2n) is 6.53. The van der Waals surface area contributed by atoms with Crippen LogP contribution >= 0.6 is 11.6 Å². The van der Waals surface area contributed by atoms with Crippen LogP contribution in [0.4, 0.5) is 0 Å². The molecule has 140 valence electrons. The lowest BCUT2D eigenvalue weighted by Gasteiger charge is -2.19. The van der Waals surface area contributed by atoms with Gasteiger partial charge >= 0.3 is 0 Å². The number of hydrogen-bond donors (Lipinski definition) is 1. The maximum Gasteiger partial charge on any atom is 0.260 e. The monoisotopic (exact) mass is 375 g/mol. The molecule has 0 unspecified atom stereocenters. The molecule has 0 aliphatic heterocycles. The summed E-state index contributed by atoms with van der Waals surface area (Å²) in [6, 6.07) is 13.3. The Kier molecular flexibility index (Phi) is 7.34. The minimum absolute atomic E-state index is 0.177. The lowest BCUT2D eigenvalue weighted by Crippen LogP contribution is -2.38. The van der Waals surface area contributed by atoms with E-state index in [1.54, 1.807) is 19.1 Å². The van der Waals surface area contributed by atoms with E-state index in [0.717, 1.165) is 16.9 Å². The molecule has 1 atom stereocenters. The second-order valence-corrected chi connectivity index (χ2v) is 6.93. The number of hydrogen-bond acceptors (Lipinski definition) is 3. The van der Waals surface area contributed by atoms with E-state index in [9.17, 15) is 4.79 Å². The molecule has 0 saturated carbocycles. The zero-order valence-corrected chi connectivity index (χ0v) is 16.5. The maximum absolute atomic E-state index is 12.3. The van der Waals surface area contributed by atoms with E-state index in [1.807, 2.05) is 25.1 Å². The van der Waals surface area contributed by atoms with Crippen molar-refractivity contribution < 1.29 is 14.3 Å². The number of rotatable bonds is 8. The maximum atomic E-state index is 12.3. The van der Waals surface area contributed by atoms with Crippen molar-refractivity contribution in [1.29, 1.82) is 0 Å². The third kappa shape index (κ3) is 5.67. The highest BCUT2D eigenvalue weighted by Crippen LogP contribution is 2.28. The lowest BCUT2D eigenvalue weighted by molar-refractivity contribution is -0.127. The largest absolute Gasteiger partial charge is 0.490 e. The van der Waals surface area contributed by atoms with E-state index in [0.29, 0.717) is 29.8 Å². The number of ether oxygens (including phenoxy) is 2. The van der Waals surface area contributed by atoms with Crippen molar-refractivity contribution in [2.75, 3.05) is 13.2 Å². The molecular weight excluding hydrogens is 350 g/mol. The molecule has 0 radical (unpaired) electrons. The van der Waals surface area contributed by atoms with Crippen LogP contribution in [0.15, 0.2) is 42.5 Å². The Balaban J connectivity index is 1.84. The zero-order valence-electron chi connectivity index (χ0n) is 15.7. The predicted molar refractivity (Wildman–Crippen MR) is 105 cm³/mol. The van der Waals surface area contributed by atoms with Crippen LogP contribution in [0.25, 0.3) is 0 Å². The van der Waals surface area contributed by atoms with Gasteiger partial charge < -0.3 is 14.8 Å². The number of carbonyl (C=O) groups is 1. The number of aryl methyl sites for hydroxylation is 1. The molecule has 0 aliphatic rings. The van der Waals surface area contributed by atoms with Gasteiger partial charge in [0.25, 0.3) is 5.91 Å². The van der Waals surface area contributed by atoms with Gasteiger partial charge in [-0.2, -0.15) is 0 Å². The molecule has 0 fully saturated rings. The van der Waals surface area contributed by atoms with Crippen LogP contribution in [-0.4, -0.2) is 25.2 Å². The van der Waals surface area contributed by atoms with Gasteiger partial charge in [0.15, 0.2) is 6.10 Å². The SMILES string of the molecule is Cc1ccc(C(C)C)c(O[C@@H](C)C(=O)NCCOc2ccccc2Cl)c1. The summed E-state index contributed by atoms with van der Waals surface area (Å²) in [5, 5.41) is 3.38. The minimum Gasteiger partial charge on any atom is -0.490 e. The summed E-state index contributed by atoms with van der Waals surface area (Å²) < 4.78 is 11.5. The van der Waals surface area contributed by atoms with E-state index < -0.39 is 6.10 Å². The number of nitrogens with one attached hydrogen (secondary N) is 1. The molecule has 0 bridgehead atoms. The molecule has 2 aromatic carbocycles. The number of halogens is 1. The quantitative estimate of drug-likeness (QED) is 0.678. The molecule has 4 nitrogen and oxygen atoms in total. The van der Waals surface area contributed by atoms with Crippen LogP contribution in [0.1, 0.15) is 37.8 Å². The third-order valence-electron chi connectivity index (χ3n) is 3.96. The van der Waals surface area contributed by atoms with E-state index >= 15 is 0 Å². The van der Waals surface area contributed by atoms with Gasteiger partial charge in [0.1, 0.15) is 18.1 Å². The first-order valence-corrected chi connectivity index (χ1v) is 9.18. The van der Waals surface area contributed by atoms with Crippen LogP contribution in [0.3, 0.4) is 0 Å². The van der Waals surface area contributed by atoms with Crippen molar-refractivity contribution in [3.05, 3.63) is 58.6 Å². The summed E-state index contributed by atoms with van der Waals surface area (Å²) in [5.74, 6) is 1.51. The Morgan fingerprint density at radius 3 is 2.54 bits per heavy atom. The number of amides is 1. The van der Waals surface area contributed by atoms with Crippen LogP contribution in [-0.2, 0) is 4.79 Å². The van der Waals surface area contributed by atoms with E-state index in [-0.39, 0.29) is 5.91 Å². The van der Waals surface area contributed by atoms with E-state index in [4.69, 9.17) is 21.1 Å². The van der Waals surface area contributed by atoms with Gasteiger partial charge in [-0.1, -0.05) is 49.7 Å². The predicted octanol–water partition coefficient (Wildman–Crippen LogP) is 4.73. The van der Waals surface area contributed by atoms with Gasteiger partial charge in [-0.15, -0.1) is 0 Å². The Labute approximate surface area is 160 Å². The van der Waals surface area contributed by atoms with Crippen LogP contribution < -0.4 is 14.8 Å². The smallest absolute Gasteiger partial charge is 0.260 e. The van der Waals surface area contributed by atoms with E-state index in [2.05, 4.69) is 31.3 Å². The molecule has 2 rings (SSSR count). The van der Waals surface area contributed by atoms with Gasteiger partial charge in [-0.3, -0.25) is 4.79 Å². The average molecular weight is 376 g/mol. The Morgan fingerprint density at radius 1 is 1.12 bits per heavy atom. The second kappa shape index (κ2) is 9.48. The Bertz CT molecular complexity index is 746. The molecule has 1 amide bonds. The van der Waals surface area contributed by atoms with Crippen molar-refractivity contribution in [3.8, 4) is 11.5 Å². The molecule has 0 heterocycles. The zero-order chi connectivity index (χ0) is 19.1. The van der Waals surface area contributed by atoms with Gasteiger partial charge in [0.05, 0.1) is 11.6 Å². The molecule has 1 N–H and O–H groups in total. The molecule has 2 aromatic rings. The highest BCUT2D eigenvalue weighted by molar-refractivity contribution is 6.32. The standard InChI is InChI=1S/C21H26ClNO3/c1-14(2)17-10-9-15(3)13-20(17)26-16(4)21(24)23-11-12-25-19-8-6-5-7-18(19)22/h5-10,13-14,16H,11-12H2,1-4H3,(H,23,24)/t16-/m0/s1. The van der Waals surface area contributed by atoms with Crippen molar-refractivity contribution in [2.24, 2.45) is 0 Å². The summed E-state index contributed by atoms with van der Waals surface area (Å²) in [5.41, 5.74) is 2.20. The fourth-order valence-corrected chi connectivity index (χ4v) is 2.70. The first kappa shape index (κ1) is 20.1. The average Bonchev–Trinajstić information content (AvgIpc) is 2.59. The highest BCUT2D eigenvalue weighted by Gasteiger charge is 2.17. The molecule has 0 spiro atoms.